The third-order valence-corrected chi connectivity index (χ3v) is 16.0. The van der Waals surface area contributed by atoms with Gasteiger partial charge in [0.2, 0.25) is 0 Å². The molecule has 0 aliphatic rings. The van der Waals surface area contributed by atoms with Crippen molar-refractivity contribution in [3.63, 3.8) is 0 Å². The molecule has 0 saturated heterocycles. The predicted octanol–water partition coefficient (Wildman–Crippen LogP) is 23.4. The molecule has 0 N–H and O–H groups in total. The molecule has 0 atom stereocenters. The van der Waals surface area contributed by atoms with Crippen molar-refractivity contribution in [1.82, 2.24) is 0 Å². The van der Waals surface area contributed by atoms with Crippen LogP contribution >= 0.6 is 0 Å². The minimum atomic E-state index is 0.640. The Hall–Kier alpha value is -9.30. The zero-order valence-corrected chi connectivity index (χ0v) is 56.1. The molecule has 0 spiro atoms. The van der Waals surface area contributed by atoms with Crippen LogP contribution in [0.4, 0.5) is 34.1 Å². The van der Waals surface area contributed by atoms with Crippen LogP contribution < -0.4 is 37.9 Å². The Morgan fingerprint density at radius 2 is 0.453 bits per heavy atom. The van der Waals surface area contributed by atoms with E-state index in [-0.39, 0.29) is 0 Å². The highest BCUT2D eigenvalue weighted by molar-refractivity contribution is 5.83. The molecule has 8 aromatic carbocycles. The summed E-state index contributed by atoms with van der Waals surface area (Å²) in [6, 6.07) is 62.7. The fraction of sp³-hybridized carbons (Fsp3) is 0.383. The van der Waals surface area contributed by atoms with Crippen molar-refractivity contribution < 1.29 is 37.9 Å². The van der Waals surface area contributed by atoms with Crippen LogP contribution in [0.3, 0.4) is 0 Å². The van der Waals surface area contributed by atoms with Crippen LogP contribution in [0.25, 0.3) is 0 Å². The first-order valence-electron chi connectivity index (χ1n) is 34.6. The zero-order chi connectivity index (χ0) is 65.7. The van der Waals surface area contributed by atoms with Crippen LogP contribution in [0.1, 0.15) is 159 Å². The van der Waals surface area contributed by atoms with Crippen molar-refractivity contribution >= 4 is 46.6 Å². The molecular formula is C81H98N6O8. The summed E-state index contributed by atoms with van der Waals surface area (Å²) in [5.74, 6) is 6.79. The van der Waals surface area contributed by atoms with Crippen LogP contribution in [-0.4, -0.2) is 66.3 Å². The molecule has 8 rings (SSSR count). The van der Waals surface area contributed by atoms with Crippen molar-refractivity contribution in [1.29, 1.82) is 0 Å². The standard InChI is InChI=1S/C81H98N6O8/c1-88-74-47-35-69(36-48-74)84-86-71-39-53-79(54-40-71)92-59-22-17-13-9-5-3-7-11-15-20-57-90-76-43-29-66(30-44-76)64-82-68-33-51-78(52-34-68)94-61-24-19-25-62-95-81-28-26-27-73(63-81)83-65-67-31-45-77(46-32-67)91-58-21-16-12-8-4-6-10-14-18-23-60-93-80-55-41-72(42-56-80)87-85-70-37-49-75(89-2)50-38-70/h26-56,63-65H,3-25,57-62H2,1-2H3. The number of methoxy groups -OCH3 is 2. The molecule has 0 aliphatic heterocycles. The van der Waals surface area contributed by atoms with E-state index in [4.69, 9.17) is 42.9 Å². The summed E-state index contributed by atoms with van der Waals surface area (Å²) in [6.07, 6.45) is 31.1. The summed E-state index contributed by atoms with van der Waals surface area (Å²) >= 11 is 0. The van der Waals surface area contributed by atoms with E-state index in [1.165, 1.54) is 103 Å². The van der Waals surface area contributed by atoms with E-state index < -0.39 is 0 Å². The highest BCUT2D eigenvalue weighted by Gasteiger charge is 2.05. The van der Waals surface area contributed by atoms with E-state index in [1.807, 2.05) is 194 Å². The first kappa shape index (κ1) is 71.5. The molecule has 14 nitrogen and oxygen atoms in total. The van der Waals surface area contributed by atoms with Gasteiger partial charge in [0, 0.05) is 18.5 Å². The Kier molecular flexibility index (Phi) is 33.4. The Morgan fingerprint density at radius 1 is 0.221 bits per heavy atom. The second kappa shape index (κ2) is 44.3. The molecule has 0 unspecified atom stereocenters. The molecule has 0 heterocycles. The lowest BCUT2D eigenvalue weighted by atomic mass is 10.1. The van der Waals surface area contributed by atoms with Crippen molar-refractivity contribution in [3.05, 3.63) is 205 Å². The lowest BCUT2D eigenvalue weighted by Gasteiger charge is -2.08. The molecule has 0 saturated carbocycles. The summed E-state index contributed by atoms with van der Waals surface area (Å²) in [4.78, 5) is 9.38. The molecule has 500 valence electrons. The lowest BCUT2D eigenvalue weighted by Crippen LogP contribution is -2.00. The molecule has 0 bridgehead atoms. The highest BCUT2D eigenvalue weighted by atomic mass is 16.5. The summed E-state index contributed by atoms with van der Waals surface area (Å²) in [5.41, 5.74) is 6.93. The van der Waals surface area contributed by atoms with Gasteiger partial charge in [-0.2, -0.15) is 20.5 Å². The fourth-order valence-electron chi connectivity index (χ4n) is 10.4. The normalized spacial score (nSPS) is 11.5. The van der Waals surface area contributed by atoms with Crippen LogP contribution in [0.2, 0.25) is 0 Å². The van der Waals surface area contributed by atoms with E-state index >= 15 is 0 Å². The molecule has 0 aliphatic carbocycles. The number of nitrogens with zero attached hydrogens (tertiary/aromatic N) is 6. The third kappa shape index (κ3) is 30.1. The summed E-state index contributed by atoms with van der Waals surface area (Å²) < 4.78 is 46.5. The number of aliphatic imine (C=N–C) groups is 2. The van der Waals surface area contributed by atoms with Crippen LogP contribution in [-0.2, 0) is 0 Å². The number of benzene rings is 8. The summed E-state index contributed by atoms with van der Waals surface area (Å²) in [7, 11) is 3.30. The number of hydrogen-bond acceptors (Lipinski definition) is 14. The average molecular weight is 1280 g/mol. The van der Waals surface area contributed by atoms with E-state index in [2.05, 4.69) is 37.6 Å². The van der Waals surface area contributed by atoms with Crippen molar-refractivity contribution in [3.8, 4) is 46.0 Å². The second-order valence-electron chi connectivity index (χ2n) is 23.7. The number of rotatable bonds is 48. The van der Waals surface area contributed by atoms with Gasteiger partial charge in [-0.25, -0.2) is 0 Å². The minimum absolute atomic E-state index is 0.640. The summed E-state index contributed by atoms with van der Waals surface area (Å²) in [6.45, 7) is 4.25. The fourth-order valence-corrected chi connectivity index (χ4v) is 10.4. The molecule has 0 radical (unpaired) electrons. The molecule has 0 aromatic heterocycles. The SMILES string of the molecule is COc1ccc(N=Nc2ccc(OCCCCCCCCCCCCOc3ccc(C=Nc4ccc(OCCCCCOc5cccc(N=Cc6ccc(OCCCCCCCCCCCCOc7ccc(N=Nc8ccc(OC)cc8)cc7)cc6)c5)cc4)cc3)cc2)cc1. The van der Waals surface area contributed by atoms with Gasteiger partial charge >= 0.3 is 0 Å². The first-order valence-corrected chi connectivity index (χ1v) is 34.6. The van der Waals surface area contributed by atoms with Crippen molar-refractivity contribution in [2.75, 3.05) is 53.9 Å². The van der Waals surface area contributed by atoms with E-state index in [1.54, 1.807) is 14.2 Å². The topological polar surface area (TPSA) is 148 Å². The molecule has 0 fully saturated rings. The average Bonchev–Trinajstić information content (AvgIpc) is 2.97. The van der Waals surface area contributed by atoms with Gasteiger partial charge in [0.1, 0.15) is 46.0 Å². The maximum atomic E-state index is 6.08. The smallest absolute Gasteiger partial charge is 0.121 e. The van der Waals surface area contributed by atoms with Gasteiger partial charge in [0.05, 0.1) is 88.0 Å². The monoisotopic (exact) mass is 1280 g/mol. The Bertz CT molecular complexity index is 3430. The second-order valence-corrected chi connectivity index (χ2v) is 23.7. The maximum Gasteiger partial charge on any atom is 0.121 e. The number of hydrogen-bond donors (Lipinski definition) is 0. The molecule has 8 aromatic rings. The predicted molar refractivity (Wildman–Crippen MR) is 387 cm³/mol. The summed E-state index contributed by atoms with van der Waals surface area (Å²) in [5, 5.41) is 17.2. The molecule has 95 heavy (non-hydrogen) atoms. The van der Waals surface area contributed by atoms with E-state index in [0.717, 1.165) is 163 Å². The largest absolute Gasteiger partial charge is 0.497 e. The quantitative estimate of drug-likeness (QED) is 0.0208. The van der Waals surface area contributed by atoms with Crippen LogP contribution in [0, 0.1) is 0 Å². The number of ether oxygens (including phenoxy) is 8. The number of azo groups is 2. The minimum Gasteiger partial charge on any atom is -0.497 e. The lowest BCUT2D eigenvalue weighted by molar-refractivity contribution is 0.279. The third-order valence-electron chi connectivity index (χ3n) is 16.0. The van der Waals surface area contributed by atoms with Crippen molar-refractivity contribution in [2.45, 2.75) is 148 Å². The van der Waals surface area contributed by atoms with Gasteiger partial charge in [0.15, 0.2) is 0 Å². The van der Waals surface area contributed by atoms with Gasteiger partial charge in [-0.05, 0) is 238 Å². The van der Waals surface area contributed by atoms with Crippen molar-refractivity contribution in [2.24, 2.45) is 30.4 Å². The van der Waals surface area contributed by atoms with Gasteiger partial charge in [-0.1, -0.05) is 109 Å². The number of unbranched alkanes of at least 4 members (excludes halogenated alkanes) is 20. The van der Waals surface area contributed by atoms with Gasteiger partial charge in [0.25, 0.3) is 0 Å². The molecule has 14 heteroatoms. The van der Waals surface area contributed by atoms with Gasteiger partial charge in [-0.15, -0.1) is 0 Å². The van der Waals surface area contributed by atoms with Crippen LogP contribution in [0.5, 0.6) is 46.0 Å². The molecular weight excluding hydrogens is 1180 g/mol. The Balaban J connectivity index is 0.555. The van der Waals surface area contributed by atoms with Crippen LogP contribution in [0.15, 0.2) is 225 Å². The van der Waals surface area contributed by atoms with E-state index in [9.17, 15) is 0 Å². The molecule has 0 amide bonds. The van der Waals surface area contributed by atoms with Gasteiger partial charge in [-0.3, -0.25) is 9.98 Å². The van der Waals surface area contributed by atoms with E-state index in [0.29, 0.717) is 13.2 Å². The first-order chi connectivity index (χ1) is 47.0. The Morgan fingerprint density at radius 3 is 0.747 bits per heavy atom. The Labute approximate surface area is 564 Å². The highest BCUT2D eigenvalue weighted by Crippen LogP contribution is 2.28. The van der Waals surface area contributed by atoms with Gasteiger partial charge < -0.3 is 37.9 Å². The zero-order valence-electron chi connectivity index (χ0n) is 56.1. The maximum absolute atomic E-state index is 6.08.